The van der Waals surface area contributed by atoms with Crippen LogP contribution in [0, 0.1) is 5.41 Å². The summed E-state index contributed by atoms with van der Waals surface area (Å²) >= 11 is 0. The van der Waals surface area contributed by atoms with Gasteiger partial charge in [0.25, 0.3) is 10.1 Å². The van der Waals surface area contributed by atoms with Gasteiger partial charge in [0.1, 0.15) is 0 Å². The molecule has 0 fully saturated rings. The van der Waals surface area contributed by atoms with Gasteiger partial charge in [-0.25, -0.2) is 0 Å². The van der Waals surface area contributed by atoms with Crippen molar-refractivity contribution in [1.82, 2.24) is 0 Å². The molecule has 0 aliphatic carbocycles. The second-order valence-corrected chi connectivity index (χ2v) is 7.54. The zero-order valence-electron chi connectivity index (χ0n) is 12.4. The average Bonchev–Trinajstić information content (AvgIpc) is 2.45. The van der Waals surface area contributed by atoms with E-state index in [-0.39, 0.29) is 16.9 Å². The van der Waals surface area contributed by atoms with Gasteiger partial charge in [-0.15, -0.1) is 0 Å². The molecule has 2 N–H and O–H groups in total. The smallest absolute Gasteiger partial charge is 0.297 e. The van der Waals surface area contributed by atoms with Crippen LogP contribution >= 0.6 is 0 Å². The zero-order valence-corrected chi connectivity index (χ0v) is 13.2. The number of hydrogen-bond donors (Lipinski definition) is 1. The first-order valence-electron chi connectivity index (χ1n) is 6.92. The van der Waals surface area contributed by atoms with E-state index in [9.17, 15) is 8.42 Å². The average molecular weight is 307 g/mol. The summed E-state index contributed by atoms with van der Waals surface area (Å²) in [5.74, 6) is 0. The third kappa shape index (κ3) is 4.03. The van der Waals surface area contributed by atoms with Gasteiger partial charge in [-0.1, -0.05) is 44.2 Å². The fraction of sp³-hybridized carbons (Fsp3) is 0.375. The van der Waals surface area contributed by atoms with Gasteiger partial charge in [-0.05, 0) is 41.3 Å². The van der Waals surface area contributed by atoms with Crippen molar-refractivity contribution in [1.29, 1.82) is 0 Å². The number of rotatable bonds is 6. The molecular weight excluding hydrogens is 286 g/mol. The van der Waals surface area contributed by atoms with E-state index in [0.29, 0.717) is 13.0 Å². The first-order chi connectivity index (χ1) is 9.84. The lowest BCUT2D eigenvalue weighted by atomic mass is 9.91. The van der Waals surface area contributed by atoms with E-state index in [0.717, 1.165) is 10.8 Å². The molecule has 4 nitrogen and oxygen atoms in total. The Balaban J connectivity index is 2.21. The van der Waals surface area contributed by atoms with E-state index in [4.69, 9.17) is 9.92 Å². The summed E-state index contributed by atoms with van der Waals surface area (Å²) in [6.07, 6.45) is 0.709. The number of fused-ring (bicyclic) bond motifs is 1. The van der Waals surface area contributed by atoms with E-state index >= 15 is 0 Å². The second kappa shape index (κ2) is 6.13. The van der Waals surface area contributed by atoms with Crippen molar-refractivity contribution in [2.45, 2.75) is 25.2 Å². The maximum atomic E-state index is 12.3. The second-order valence-electron chi connectivity index (χ2n) is 5.93. The molecule has 0 saturated heterocycles. The lowest BCUT2D eigenvalue weighted by Gasteiger charge is -2.23. The predicted octanol–water partition coefficient (Wildman–Crippen LogP) is 2.92. The minimum Gasteiger partial charge on any atom is -0.330 e. The molecule has 0 atom stereocenters. The predicted molar refractivity (Wildman–Crippen MR) is 84.5 cm³/mol. The largest absolute Gasteiger partial charge is 0.330 e. The normalized spacial score (nSPS) is 12.7. The molecule has 0 heterocycles. The van der Waals surface area contributed by atoms with E-state index in [2.05, 4.69) is 0 Å². The van der Waals surface area contributed by atoms with Crippen LogP contribution in [0.2, 0.25) is 0 Å². The van der Waals surface area contributed by atoms with Crippen LogP contribution in [-0.4, -0.2) is 21.6 Å². The van der Waals surface area contributed by atoms with Crippen molar-refractivity contribution in [3.05, 3.63) is 42.5 Å². The highest BCUT2D eigenvalue weighted by molar-refractivity contribution is 7.86. The Morgan fingerprint density at radius 2 is 1.76 bits per heavy atom. The molecule has 2 rings (SSSR count). The molecule has 0 bridgehead atoms. The molecule has 0 aromatic heterocycles. The first kappa shape index (κ1) is 15.9. The molecule has 0 amide bonds. The molecule has 0 spiro atoms. The minimum atomic E-state index is -3.74. The number of hydrogen-bond acceptors (Lipinski definition) is 4. The third-order valence-corrected chi connectivity index (χ3v) is 4.69. The lowest BCUT2D eigenvalue weighted by molar-refractivity contribution is 0.177. The van der Waals surface area contributed by atoms with Gasteiger partial charge in [0.05, 0.1) is 11.5 Å². The summed E-state index contributed by atoms with van der Waals surface area (Å²) in [6.45, 7) is 4.51. The molecular formula is C16H21NO3S. The molecule has 0 radical (unpaired) electrons. The Labute approximate surface area is 126 Å². The molecule has 21 heavy (non-hydrogen) atoms. The topological polar surface area (TPSA) is 69.4 Å². The van der Waals surface area contributed by atoms with Gasteiger partial charge in [0, 0.05) is 0 Å². The number of benzene rings is 2. The maximum Gasteiger partial charge on any atom is 0.297 e. The monoisotopic (exact) mass is 307 g/mol. The van der Waals surface area contributed by atoms with Crippen LogP contribution in [0.5, 0.6) is 0 Å². The van der Waals surface area contributed by atoms with Crippen LogP contribution in [-0.2, 0) is 14.3 Å². The highest BCUT2D eigenvalue weighted by Gasteiger charge is 2.23. The molecule has 0 aliphatic rings. The van der Waals surface area contributed by atoms with Crippen LogP contribution in [0.4, 0.5) is 0 Å². The van der Waals surface area contributed by atoms with Gasteiger partial charge >= 0.3 is 0 Å². The van der Waals surface area contributed by atoms with Gasteiger partial charge in [0.2, 0.25) is 0 Å². The highest BCUT2D eigenvalue weighted by Crippen LogP contribution is 2.24. The Morgan fingerprint density at radius 3 is 2.43 bits per heavy atom. The van der Waals surface area contributed by atoms with Crippen LogP contribution in [0.15, 0.2) is 47.4 Å². The molecule has 114 valence electrons. The van der Waals surface area contributed by atoms with Gasteiger partial charge in [0.15, 0.2) is 0 Å². The van der Waals surface area contributed by atoms with Gasteiger partial charge in [-0.2, -0.15) is 8.42 Å². The molecule has 0 saturated carbocycles. The van der Waals surface area contributed by atoms with E-state index in [1.165, 1.54) is 0 Å². The summed E-state index contributed by atoms with van der Waals surface area (Å²) in [7, 11) is -3.74. The maximum absolute atomic E-state index is 12.3. The van der Waals surface area contributed by atoms with Crippen LogP contribution in [0.1, 0.15) is 20.3 Å². The SMILES string of the molecule is CC(C)(CCN)COS(=O)(=O)c1ccc2ccccc2c1. The Kier molecular flexibility index (Phi) is 4.66. The summed E-state index contributed by atoms with van der Waals surface area (Å²) in [5.41, 5.74) is 5.26. The summed E-state index contributed by atoms with van der Waals surface area (Å²) in [5, 5.41) is 1.88. The van der Waals surface area contributed by atoms with E-state index in [1.807, 2.05) is 38.1 Å². The quantitative estimate of drug-likeness (QED) is 0.833. The van der Waals surface area contributed by atoms with Crippen molar-refractivity contribution < 1.29 is 12.6 Å². The van der Waals surface area contributed by atoms with Crippen molar-refractivity contribution in [3.63, 3.8) is 0 Å². The van der Waals surface area contributed by atoms with Gasteiger partial charge < -0.3 is 5.73 Å². The molecule has 0 unspecified atom stereocenters. The third-order valence-electron chi connectivity index (χ3n) is 3.44. The van der Waals surface area contributed by atoms with Crippen LogP contribution in [0.25, 0.3) is 10.8 Å². The molecule has 5 heteroatoms. The fourth-order valence-electron chi connectivity index (χ4n) is 2.09. The summed E-state index contributed by atoms with van der Waals surface area (Å²) in [6, 6.07) is 12.6. The molecule has 0 aliphatic heterocycles. The minimum absolute atomic E-state index is 0.124. The van der Waals surface area contributed by atoms with Gasteiger partial charge in [-0.3, -0.25) is 4.18 Å². The van der Waals surface area contributed by atoms with E-state index < -0.39 is 10.1 Å². The highest BCUT2D eigenvalue weighted by atomic mass is 32.2. The fourth-order valence-corrected chi connectivity index (χ4v) is 3.21. The number of nitrogens with two attached hydrogens (primary N) is 1. The van der Waals surface area contributed by atoms with Crippen LogP contribution < -0.4 is 5.73 Å². The Morgan fingerprint density at radius 1 is 1.10 bits per heavy atom. The van der Waals surface area contributed by atoms with E-state index in [1.54, 1.807) is 18.2 Å². The van der Waals surface area contributed by atoms with Crippen LogP contribution in [0.3, 0.4) is 0 Å². The van der Waals surface area contributed by atoms with Crippen molar-refractivity contribution in [2.24, 2.45) is 11.1 Å². The summed E-state index contributed by atoms with van der Waals surface area (Å²) < 4.78 is 29.7. The Hall–Kier alpha value is -1.43. The Bertz CT molecular complexity index is 723. The zero-order chi connectivity index (χ0) is 15.5. The van der Waals surface area contributed by atoms with Crippen molar-refractivity contribution >= 4 is 20.9 Å². The molecule has 2 aromatic carbocycles. The molecule has 2 aromatic rings. The van der Waals surface area contributed by atoms with Crippen molar-refractivity contribution in [2.75, 3.05) is 13.2 Å². The van der Waals surface area contributed by atoms with Crippen molar-refractivity contribution in [3.8, 4) is 0 Å². The standard InChI is InChI=1S/C16H21NO3S/c1-16(2,9-10-17)12-20-21(18,19)15-8-7-13-5-3-4-6-14(13)11-15/h3-8,11H,9-10,12,17H2,1-2H3. The lowest BCUT2D eigenvalue weighted by Crippen LogP contribution is -2.25. The summed E-state index contributed by atoms with van der Waals surface area (Å²) in [4.78, 5) is 0.185. The first-order valence-corrected chi connectivity index (χ1v) is 8.33.